The molecule has 0 radical (unpaired) electrons. The van der Waals surface area contributed by atoms with Crippen LogP contribution in [0.15, 0.2) is 47.4 Å². The van der Waals surface area contributed by atoms with Crippen molar-refractivity contribution in [3.63, 3.8) is 0 Å². The second kappa shape index (κ2) is 12.0. The standard InChI is InChI=1S/C26H30F4N2O8S2/c1-25(2,26(28,29)30)40-24(33)16-18-3-8-23-22(15-18)32(42(36,37)21-6-4-19(27)5-7-21)17-20(39-23)9-14-41(34,35)31-10-12-38-13-11-31/h3-8,15,20H,9-14,16-17H2,1-2H3/t20-/m0/s1. The molecule has 42 heavy (non-hydrogen) atoms. The van der Waals surface area contributed by atoms with Crippen molar-refractivity contribution < 1.29 is 53.4 Å². The number of esters is 1. The highest BCUT2D eigenvalue weighted by molar-refractivity contribution is 7.92. The zero-order valence-corrected chi connectivity index (χ0v) is 24.4. The summed E-state index contributed by atoms with van der Waals surface area (Å²) in [6, 6.07) is 8.07. The average Bonchev–Trinajstić information content (AvgIpc) is 2.91. The maximum atomic E-state index is 13.7. The Hall–Kier alpha value is -2.95. The number of rotatable bonds is 9. The minimum atomic E-state index is -4.81. The molecule has 2 heterocycles. The molecule has 0 unspecified atom stereocenters. The van der Waals surface area contributed by atoms with E-state index >= 15 is 0 Å². The van der Waals surface area contributed by atoms with Crippen molar-refractivity contribution in [2.45, 2.75) is 49.5 Å². The molecule has 0 aromatic heterocycles. The molecule has 232 valence electrons. The Morgan fingerprint density at radius 2 is 1.67 bits per heavy atom. The molecular weight excluding hydrogens is 608 g/mol. The molecule has 0 saturated carbocycles. The van der Waals surface area contributed by atoms with E-state index in [0.29, 0.717) is 13.8 Å². The number of nitrogens with zero attached hydrogens (tertiary/aromatic N) is 2. The number of hydrogen-bond acceptors (Lipinski definition) is 8. The van der Waals surface area contributed by atoms with E-state index in [1.165, 1.54) is 22.5 Å². The van der Waals surface area contributed by atoms with Crippen molar-refractivity contribution in [1.29, 1.82) is 0 Å². The Bertz CT molecular complexity index is 1510. The van der Waals surface area contributed by atoms with Gasteiger partial charge >= 0.3 is 12.1 Å². The molecule has 1 fully saturated rings. The lowest BCUT2D eigenvalue weighted by molar-refractivity contribution is -0.257. The number of carbonyl (C=O) groups excluding carboxylic acids is 1. The summed E-state index contributed by atoms with van der Waals surface area (Å²) in [6.45, 7) is 2.03. The van der Waals surface area contributed by atoms with Crippen LogP contribution >= 0.6 is 0 Å². The van der Waals surface area contributed by atoms with Gasteiger partial charge in [0.2, 0.25) is 15.6 Å². The Morgan fingerprint density at radius 1 is 1.02 bits per heavy atom. The summed E-state index contributed by atoms with van der Waals surface area (Å²) >= 11 is 0. The third-order valence-corrected chi connectivity index (χ3v) is 10.5. The number of anilines is 1. The lowest BCUT2D eigenvalue weighted by Crippen LogP contribution is -2.46. The lowest BCUT2D eigenvalue weighted by Gasteiger charge is -2.36. The van der Waals surface area contributed by atoms with Gasteiger partial charge in [-0.3, -0.25) is 9.10 Å². The van der Waals surface area contributed by atoms with Crippen molar-refractivity contribution >= 4 is 31.7 Å². The van der Waals surface area contributed by atoms with Gasteiger partial charge in [-0.1, -0.05) is 6.07 Å². The highest BCUT2D eigenvalue weighted by atomic mass is 32.2. The fraction of sp³-hybridized carbons (Fsp3) is 0.500. The number of benzene rings is 2. The largest absolute Gasteiger partial charge is 0.486 e. The van der Waals surface area contributed by atoms with Gasteiger partial charge in [0.1, 0.15) is 17.7 Å². The van der Waals surface area contributed by atoms with E-state index < -0.39 is 56.1 Å². The van der Waals surface area contributed by atoms with E-state index in [4.69, 9.17) is 9.47 Å². The molecule has 2 aromatic carbocycles. The Balaban J connectivity index is 1.61. The molecule has 2 aromatic rings. The van der Waals surface area contributed by atoms with Crippen LogP contribution in [-0.2, 0) is 40.7 Å². The molecule has 1 saturated heterocycles. The van der Waals surface area contributed by atoms with E-state index in [1.807, 2.05) is 0 Å². The molecule has 2 aliphatic heterocycles. The van der Waals surface area contributed by atoms with Crippen LogP contribution in [0.5, 0.6) is 5.75 Å². The molecule has 4 rings (SSSR count). The summed E-state index contributed by atoms with van der Waals surface area (Å²) in [5, 5.41) is 0. The smallest absolute Gasteiger partial charge is 0.427 e. The van der Waals surface area contributed by atoms with Crippen LogP contribution < -0.4 is 9.04 Å². The van der Waals surface area contributed by atoms with Crippen LogP contribution in [0.4, 0.5) is 23.2 Å². The Labute approximate surface area is 241 Å². The van der Waals surface area contributed by atoms with E-state index in [0.717, 1.165) is 28.6 Å². The molecule has 0 bridgehead atoms. The second-order valence-electron chi connectivity index (χ2n) is 10.3. The Morgan fingerprint density at radius 3 is 2.29 bits per heavy atom. The minimum absolute atomic E-state index is 0.0213. The zero-order valence-electron chi connectivity index (χ0n) is 22.8. The van der Waals surface area contributed by atoms with Crippen molar-refractivity contribution in [1.82, 2.24) is 4.31 Å². The number of halogens is 4. The van der Waals surface area contributed by atoms with Crippen LogP contribution in [0.2, 0.25) is 0 Å². The van der Waals surface area contributed by atoms with Gasteiger partial charge in [0, 0.05) is 19.5 Å². The second-order valence-corrected chi connectivity index (χ2v) is 14.3. The van der Waals surface area contributed by atoms with Gasteiger partial charge in [-0.25, -0.2) is 21.2 Å². The van der Waals surface area contributed by atoms with Gasteiger partial charge in [-0.2, -0.15) is 17.5 Å². The first-order chi connectivity index (χ1) is 19.5. The van der Waals surface area contributed by atoms with Gasteiger partial charge in [0.25, 0.3) is 10.0 Å². The number of ether oxygens (including phenoxy) is 3. The molecule has 16 heteroatoms. The summed E-state index contributed by atoms with van der Waals surface area (Å²) in [7, 11) is -8.03. The monoisotopic (exact) mass is 638 g/mol. The maximum absolute atomic E-state index is 13.7. The number of fused-ring (bicyclic) bond motifs is 1. The van der Waals surface area contributed by atoms with Gasteiger partial charge in [-0.05, 0) is 55.8 Å². The lowest BCUT2D eigenvalue weighted by atomic mass is 10.1. The number of sulfonamides is 2. The minimum Gasteiger partial charge on any atom is -0.486 e. The van der Waals surface area contributed by atoms with Crippen LogP contribution in [0, 0.1) is 5.82 Å². The molecule has 0 aliphatic carbocycles. The third-order valence-electron chi connectivity index (χ3n) is 6.82. The maximum Gasteiger partial charge on any atom is 0.427 e. The molecule has 0 amide bonds. The third kappa shape index (κ3) is 7.15. The number of morpholine rings is 1. The zero-order chi connectivity index (χ0) is 30.9. The quantitative estimate of drug-likeness (QED) is 0.304. The fourth-order valence-electron chi connectivity index (χ4n) is 4.36. The summed E-state index contributed by atoms with van der Waals surface area (Å²) in [5.41, 5.74) is -2.62. The average molecular weight is 639 g/mol. The highest BCUT2D eigenvalue weighted by Gasteiger charge is 2.50. The van der Waals surface area contributed by atoms with Gasteiger partial charge < -0.3 is 14.2 Å². The van der Waals surface area contributed by atoms with E-state index in [2.05, 4.69) is 4.74 Å². The van der Waals surface area contributed by atoms with Gasteiger partial charge in [0.05, 0.1) is 42.5 Å². The summed E-state index contributed by atoms with van der Waals surface area (Å²) in [6.07, 6.45) is -6.36. The topological polar surface area (TPSA) is 120 Å². The number of hydrogen-bond donors (Lipinski definition) is 0. The van der Waals surface area contributed by atoms with Crippen LogP contribution in [0.3, 0.4) is 0 Å². The highest BCUT2D eigenvalue weighted by Crippen LogP contribution is 2.39. The summed E-state index contributed by atoms with van der Waals surface area (Å²) in [4.78, 5) is 12.1. The molecule has 2 aliphatic rings. The fourth-order valence-corrected chi connectivity index (χ4v) is 7.38. The molecule has 10 nitrogen and oxygen atoms in total. The first-order valence-corrected chi connectivity index (χ1v) is 16.0. The van der Waals surface area contributed by atoms with Gasteiger partial charge in [-0.15, -0.1) is 0 Å². The van der Waals surface area contributed by atoms with Gasteiger partial charge in [0.15, 0.2) is 0 Å². The number of carbonyl (C=O) groups is 1. The first-order valence-electron chi connectivity index (χ1n) is 12.9. The van der Waals surface area contributed by atoms with Crippen molar-refractivity contribution in [3.05, 3.63) is 53.8 Å². The molecular formula is C26H30F4N2O8S2. The van der Waals surface area contributed by atoms with Crippen LogP contribution in [-0.4, -0.2) is 83.6 Å². The van der Waals surface area contributed by atoms with E-state index in [1.54, 1.807) is 0 Å². The SMILES string of the molecule is CC(C)(OC(=O)Cc1ccc2c(c1)N(S(=O)(=O)c1ccc(F)cc1)C[C@H](CCS(=O)(=O)N1CCOCC1)O2)C(F)(F)F. The predicted molar refractivity (Wildman–Crippen MR) is 143 cm³/mol. The van der Waals surface area contributed by atoms with E-state index in [9.17, 15) is 39.2 Å². The normalized spacial score (nSPS) is 18.7. The Kier molecular flexibility index (Phi) is 9.11. The molecule has 1 atom stereocenters. The van der Waals surface area contributed by atoms with Crippen molar-refractivity contribution in [2.75, 3.05) is 42.9 Å². The first kappa shape index (κ1) is 32.0. The molecule has 0 spiro atoms. The van der Waals surface area contributed by atoms with Crippen molar-refractivity contribution in [3.8, 4) is 5.75 Å². The molecule has 0 N–H and O–H groups in total. The summed E-state index contributed by atoms with van der Waals surface area (Å²) in [5.74, 6) is -2.12. The van der Waals surface area contributed by atoms with E-state index in [-0.39, 0.29) is 66.9 Å². The van der Waals surface area contributed by atoms with Crippen molar-refractivity contribution in [2.24, 2.45) is 0 Å². The van der Waals surface area contributed by atoms with Crippen LogP contribution in [0.1, 0.15) is 25.8 Å². The number of alkyl halides is 3. The predicted octanol–water partition coefficient (Wildman–Crippen LogP) is 3.26. The van der Waals surface area contributed by atoms with Crippen LogP contribution in [0.25, 0.3) is 0 Å². The summed E-state index contributed by atoms with van der Waals surface area (Å²) < 4.78 is 124.